The zero-order valence-corrected chi connectivity index (χ0v) is 31.0. The van der Waals surface area contributed by atoms with Crippen LogP contribution in [0.1, 0.15) is 170 Å². The second-order valence-electron chi connectivity index (χ2n) is 13.1. The van der Waals surface area contributed by atoms with E-state index in [-0.39, 0.29) is 17.7 Å². The van der Waals surface area contributed by atoms with Gasteiger partial charge in [0.2, 0.25) is 23.6 Å². The monoisotopic (exact) mass is 667 g/mol. The summed E-state index contributed by atoms with van der Waals surface area (Å²) >= 11 is 0. The minimum Gasteiger partial charge on any atom is -0.467 e. The Morgan fingerprint density at radius 2 is 0.702 bits per heavy atom. The molecule has 5 unspecified atom stereocenters. The Labute approximate surface area is 286 Å². The van der Waals surface area contributed by atoms with Crippen molar-refractivity contribution in [2.45, 2.75) is 194 Å². The smallest absolute Gasteiger partial charge is 0.328 e. The molecule has 0 bridgehead atoms. The number of esters is 1. The summed E-state index contributed by atoms with van der Waals surface area (Å²) in [6.45, 7) is 12.3. The van der Waals surface area contributed by atoms with Crippen LogP contribution in [0.15, 0.2) is 0 Å². The lowest BCUT2D eigenvalue weighted by atomic mass is 10.0. The van der Waals surface area contributed by atoms with Gasteiger partial charge in [-0.3, -0.25) is 19.2 Å². The fraction of sp³-hybridized carbons (Fsp3) is 0.865. The van der Waals surface area contributed by atoms with Gasteiger partial charge < -0.3 is 26.0 Å². The number of amides is 4. The van der Waals surface area contributed by atoms with Crippen LogP contribution in [0.4, 0.5) is 0 Å². The molecule has 0 aliphatic rings. The standard InChI is InChI=1S/C37H70N4O6/c1-8-13-18-23-28(6)33(42)38-29(24-19-14-9-2)34(43)39-30(25-20-15-10-3)35(44)40-31(26-21-16-11-4)36(45)41-32(37(46)47-7)27-22-17-12-5/h28-32H,8-27H2,1-7H3,(H,38,42)(H,39,43)(H,40,44)(H,41,45). The number of hydrogen-bond donors (Lipinski definition) is 4. The molecule has 274 valence electrons. The van der Waals surface area contributed by atoms with E-state index >= 15 is 0 Å². The first-order valence-electron chi connectivity index (χ1n) is 18.9. The maximum Gasteiger partial charge on any atom is 0.328 e. The van der Waals surface area contributed by atoms with E-state index in [0.717, 1.165) is 103 Å². The molecule has 0 aromatic rings. The van der Waals surface area contributed by atoms with Crippen LogP contribution in [0.25, 0.3) is 0 Å². The van der Waals surface area contributed by atoms with E-state index in [1.165, 1.54) is 7.11 Å². The van der Waals surface area contributed by atoms with Crippen molar-refractivity contribution in [2.24, 2.45) is 5.92 Å². The highest BCUT2D eigenvalue weighted by Gasteiger charge is 2.31. The van der Waals surface area contributed by atoms with Crippen molar-refractivity contribution in [1.82, 2.24) is 21.3 Å². The lowest BCUT2D eigenvalue weighted by Gasteiger charge is -2.27. The average molecular weight is 667 g/mol. The zero-order valence-electron chi connectivity index (χ0n) is 31.0. The molecule has 0 fully saturated rings. The van der Waals surface area contributed by atoms with Gasteiger partial charge in [-0.1, -0.05) is 138 Å². The minimum absolute atomic E-state index is 0.142. The van der Waals surface area contributed by atoms with Gasteiger partial charge in [-0.2, -0.15) is 0 Å². The van der Waals surface area contributed by atoms with E-state index in [1.54, 1.807) is 0 Å². The first-order valence-corrected chi connectivity index (χ1v) is 18.9. The second kappa shape index (κ2) is 28.4. The van der Waals surface area contributed by atoms with Gasteiger partial charge in [0.05, 0.1) is 7.11 Å². The van der Waals surface area contributed by atoms with E-state index in [1.807, 2.05) is 6.92 Å². The van der Waals surface area contributed by atoms with Gasteiger partial charge in [-0.25, -0.2) is 4.79 Å². The van der Waals surface area contributed by atoms with Crippen LogP contribution >= 0.6 is 0 Å². The SMILES string of the molecule is CCCCCC(C)C(=O)NC(CCCCC)C(=O)NC(CCCCC)C(=O)NC(CCCCC)C(=O)NC(CCCCC)C(=O)OC. The van der Waals surface area contributed by atoms with E-state index in [0.29, 0.717) is 25.7 Å². The molecule has 0 aromatic heterocycles. The Morgan fingerprint density at radius 3 is 1.02 bits per heavy atom. The molecule has 0 spiro atoms. The molecule has 0 radical (unpaired) electrons. The molecule has 10 heteroatoms. The number of methoxy groups -OCH3 is 1. The molecule has 10 nitrogen and oxygen atoms in total. The summed E-state index contributed by atoms with van der Waals surface area (Å²) < 4.78 is 4.95. The minimum atomic E-state index is -0.859. The molecule has 0 heterocycles. The maximum atomic E-state index is 13.8. The average Bonchev–Trinajstić information content (AvgIpc) is 3.06. The predicted molar refractivity (Wildman–Crippen MR) is 190 cm³/mol. The molecule has 4 amide bonds. The van der Waals surface area contributed by atoms with E-state index < -0.39 is 42.0 Å². The van der Waals surface area contributed by atoms with Crippen LogP contribution < -0.4 is 21.3 Å². The van der Waals surface area contributed by atoms with Crippen LogP contribution in [0.5, 0.6) is 0 Å². The summed E-state index contributed by atoms with van der Waals surface area (Å²) in [5, 5.41) is 11.7. The van der Waals surface area contributed by atoms with Crippen molar-refractivity contribution in [2.75, 3.05) is 7.11 Å². The molecular formula is C37H70N4O6. The highest BCUT2D eigenvalue weighted by Crippen LogP contribution is 2.13. The molecule has 0 aliphatic heterocycles. The second-order valence-corrected chi connectivity index (χ2v) is 13.1. The summed E-state index contributed by atoms with van der Waals surface area (Å²) in [5.74, 6) is -2.09. The van der Waals surface area contributed by atoms with E-state index in [2.05, 4.69) is 55.9 Å². The summed E-state index contributed by atoms with van der Waals surface area (Å²) in [7, 11) is 1.30. The van der Waals surface area contributed by atoms with Crippen molar-refractivity contribution in [3.63, 3.8) is 0 Å². The van der Waals surface area contributed by atoms with Gasteiger partial charge in [-0.15, -0.1) is 0 Å². The molecular weight excluding hydrogens is 596 g/mol. The predicted octanol–water partition coefficient (Wildman–Crippen LogP) is 6.64. The van der Waals surface area contributed by atoms with Crippen molar-refractivity contribution in [3.8, 4) is 0 Å². The molecule has 5 atom stereocenters. The fourth-order valence-corrected chi connectivity index (χ4v) is 5.55. The quantitative estimate of drug-likeness (QED) is 0.0521. The van der Waals surface area contributed by atoms with Crippen molar-refractivity contribution in [1.29, 1.82) is 0 Å². The van der Waals surface area contributed by atoms with Crippen LogP contribution in [-0.2, 0) is 28.7 Å². The molecule has 4 N–H and O–H groups in total. The summed E-state index contributed by atoms with van der Waals surface area (Å²) in [6.07, 6.45) is 16.1. The third-order valence-electron chi connectivity index (χ3n) is 8.77. The third kappa shape index (κ3) is 20.4. The number of ether oxygens (including phenoxy) is 1. The number of nitrogens with one attached hydrogen (secondary N) is 4. The summed E-state index contributed by atoms with van der Waals surface area (Å²) in [5.41, 5.74) is 0. The van der Waals surface area contributed by atoms with Crippen LogP contribution in [0.2, 0.25) is 0 Å². The fourth-order valence-electron chi connectivity index (χ4n) is 5.55. The Kier molecular flexibility index (Phi) is 26.8. The number of carbonyl (C=O) groups is 5. The van der Waals surface area contributed by atoms with Crippen LogP contribution in [-0.4, -0.2) is 60.9 Å². The molecule has 47 heavy (non-hydrogen) atoms. The van der Waals surface area contributed by atoms with Crippen LogP contribution in [0.3, 0.4) is 0 Å². The number of carbonyl (C=O) groups excluding carboxylic acids is 5. The topological polar surface area (TPSA) is 143 Å². The first-order chi connectivity index (χ1) is 22.6. The normalized spacial score (nSPS) is 14.3. The molecule has 0 saturated heterocycles. The Hall–Kier alpha value is -2.65. The molecule has 0 saturated carbocycles. The summed E-state index contributed by atoms with van der Waals surface area (Å²) in [6, 6.07) is -3.25. The number of hydrogen-bond acceptors (Lipinski definition) is 6. The molecule has 0 aromatic carbocycles. The zero-order chi connectivity index (χ0) is 35.5. The lowest BCUT2D eigenvalue weighted by Crippen LogP contribution is -2.58. The maximum absolute atomic E-state index is 13.8. The highest BCUT2D eigenvalue weighted by molar-refractivity contribution is 5.95. The third-order valence-corrected chi connectivity index (χ3v) is 8.77. The number of unbranched alkanes of at least 4 members (excludes halogenated alkanes) is 10. The van der Waals surface area contributed by atoms with E-state index in [4.69, 9.17) is 4.74 Å². The first kappa shape index (κ1) is 44.4. The van der Waals surface area contributed by atoms with Gasteiger partial charge in [0.1, 0.15) is 24.2 Å². The number of rotatable bonds is 29. The van der Waals surface area contributed by atoms with Gasteiger partial charge in [-0.05, 0) is 32.1 Å². The van der Waals surface area contributed by atoms with Crippen LogP contribution in [0, 0.1) is 5.92 Å². The Balaban J connectivity index is 5.93. The highest BCUT2D eigenvalue weighted by atomic mass is 16.5. The van der Waals surface area contributed by atoms with Crippen molar-refractivity contribution < 1.29 is 28.7 Å². The Morgan fingerprint density at radius 1 is 0.426 bits per heavy atom. The van der Waals surface area contributed by atoms with Crippen molar-refractivity contribution >= 4 is 29.6 Å². The summed E-state index contributed by atoms with van der Waals surface area (Å²) in [4.78, 5) is 66.5. The largest absolute Gasteiger partial charge is 0.467 e. The van der Waals surface area contributed by atoms with Gasteiger partial charge in [0.25, 0.3) is 0 Å². The van der Waals surface area contributed by atoms with Crippen molar-refractivity contribution in [3.05, 3.63) is 0 Å². The van der Waals surface area contributed by atoms with Gasteiger partial charge in [0.15, 0.2) is 0 Å². The van der Waals surface area contributed by atoms with Gasteiger partial charge >= 0.3 is 5.97 Å². The lowest BCUT2D eigenvalue weighted by molar-refractivity contribution is -0.145. The molecule has 0 aliphatic carbocycles. The Bertz CT molecular complexity index is 883. The van der Waals surface area contributed by atoms with Gasteiger partial charge in [0, 0.05) is 5.92 Å². The van der Waals surface area contributed by atoms with E-state index in [9.17, 15) is 24.0 Å². The molecule has 0 rings (SSSR count).